The molecule has 0 N–H and O–H groups in total. The number of amides is 1. The van der Waals surface area contributed by atoms with Gasteiger partial charge in [0.15, 0.2) is 5.17 Å². The largest absolute Gasteiger partial charge is 0.497 e. The van der Waals surface area contributed by atoms with Crippen molar-refractivity contribution in [3.05, 3.63) is 89.3 Å². The Morgan fingerprint density at radius 3 is 2.23 bits per heavy atom. The van der Waals surface area contributed by atoms with E-state index in [0.29, 0.717) is 10.1 Å². The van der Waals surface area contributed by atoms with E-state index in [2.05, 4.69) is 0 Å². The van der Waals surface area contributed by atoms with Crippen LogP contribution in [0.1, 0.15) is 5.56 Å². The maximum Gasteiger partial charge on any atom is 0.271 e. The minimum atomic E-state index is -0.0832. The van der Waals surface area contributed by atoms with Crippen molar-refractivity contribution in [2.75, 3.05) is 31.0 Å². The summed E-state index contributed by atoms with van der Waals surface area (Å²) in [5, 5.41) is 0.623. The summed E-state index contributed by atoms with van der Waals surface area (Å²) in [7, 11) is 5.64. The van der Waals surface area contributed by atoms with Gasteiger partial charge in [0.25, 0.3) is 5.91 Å². The maximum absolute atomic E-state index is 13.3. The fraction of sp³-hybridized carbons (Fsp3) is 0.120. The van der Waals surface area contributed by atoms with Crippen LogP contribution < -0.4 is 14.5 Å². The van der Waals surface area contributed by atoms with Gasteiger partial charge in [-0.3, -0.25) is 9.69 Å². The van der Waals surface area contributed by atoms with Crippen molar-refractivity contribution >= 4 is 46.0 Å². The quantitative estimate of drug-likeness (QED) is 0.498. The van der Waals surface area contributed by atoms with Gasteiger partial charge in [-0.2, -0.15) is 0 Å². The molecule has 1 heterocycles. The SMILES string of the molecule is COc1ccc(N=C2SC(=Cc3ccc(N(C)C)cc3)C(=O)N2c2ccccc2)cc1. The number of carbonyl (C=O) groups is 1. The van der Waals surface area contributed by atoms with Crippen molar-refractivity contribution in [3.63, 3.8) is 0 Å². The van der Waals surface area contributed by atoms with Gasteiger partial charge < -0.3 is 9.64 Å². The normalized spacial score (nSPS) is 16.2. The first kappa shape index (κ1) is 20.8. The van der Waals surface area contributed by atoms with Crippen molar-refractivity contribution in [1.29, 1.82) is 0 Å². The molecule has 1 fully saturated rings. The number of anilines is 2. The van der Waals surface area contributed by atoms with Crippen LogP contribution in [0.25, 0.3) is 6.08 Å². The standard InChI is InChI=1S/C25H23N3O2S/c1-27(2)20-13-9-18(10-14-20)17-23-24(29)28(21-7-5-4-6-8-21)25(31-23)26-19-11-15-22(30-3)16-12-19/h4-17H,1-3H3. The molecule has 6 heteroatoms. The van der Waals surface area contributed by atoms with E-state index in [-0.39, 0.29) is 5.91 Å². The van der Waals surface area contributed by atoms with Gasteiger partial charge in [0.05, 0.1) is 23.4 Å². The van der Waals surface area contributed by atoms with Crippen molar-refractivity contribution in [1.82, 2.24) is 0 Å². The highest BCUT2D eigenvalue weighted by Gasteiger charge is 2.34. The maximum atomic E-state index is 13.3. The lowest BCUT2D eigenvalue weighted by Crippen LogP contribution is -2.28. The monoisotopic (exact) mass is 429 g/mol. The van der Waals surface area contributed by atoms with E-state index < -0.39 is 0 Å². The lowest BCUT2D eigenvalue weighted by atomic mass is 10.2. The average Bonchev–Trinajstić information content (AvgIpc) is 3.09. The first-order valence-electron chi connectivity index (χ1n) is 9.84. The Kier molecular flexibility index (Phi) is 6.09. The molecule has 4 rings (SSSR count). The van der Waals surface area contributed by atoms with E-state index in [0.717, 1.165) is 28.4 Å². The van der Waals surface area contributed by atoms with E-state index >= 15 is 0 Å². The number of benzene rings is 3. The summed E-state index contributed by atoms with van der Waals surface area (Å²) in [5.41, 5.74) is 3.63. The zero-order chi connectivity index (χ0) is 21.8. The number of methoxy groups -OCH3 is 1. The van der Waals surface area contributed by atoms with Gasteiger partial charge in [0.2, 0.25) is 0 Å². The van der Waals surface area contributed by atoms with Crippen LogP contribution in [0.3, 0.4) is 0 Å². The highest BCUT2D eigenvalue weighted by atomic mass is 32.2. The van der Waals surface area contributed by atoms with Gasteiger partial charge >= 0.3 is 0 Å². The first-order valence-corrected chi connectivity index (χ1v) is 10.7. The Bertz CT molecular complexity index is 1120. The molecule has 0 saturated carbocycles. The molecule has 0 radical (unpaired) electrons. The van der Waals surface area contributed by atoms with Gasteiger partial charge in [-0.15, -0.1) is 0 Å². The van der Waals surface area contributed by atoms with E-state index in [1.54, 1.807) is 12.0 Å². The molecule has 5 nitrogen and oxygen atoms in total. The summed E-state index contributed by atoms with van der Waals surface area (Å²) in [6.07, 6.45) is 1.92. The van der Waals surface area contributed by atoms with Gasteiger partial charge in [-0.1, -0.05) is 30.3 Å². The second-order valence-corrected chi connectivity index (χ2v) is 8.17. The number of carbonyl (C=O) groups excluding carboxylic acids is 1. The number of hydrogen-bond donors (Lipinski definition) is 0. The van der Waals surface area contributed by atoms with Crippen LogP contribution in [0.15, 0.2) is 88.8 Å². The molecule has 0 atom stereocenters. The third kappa shape index (κ3) is 4.64. The van der Waals surface area contributed by atoms with Crippen LogP contribution >= 0.6 is 11.8 Å². The van der Waals surface area contributed by atoms with Crippen molar-refractivity contribution < 1.29 is 9.53 Å². The average molecular weight is 430 g/mol. The number of nitrogens with zero attached hydrogens (tertiary/aromatic N) is 3. The summed E-state index contributed by atoms with van der Waals surface area (Å²) < 4.78 is 5.22. The Morgan fingerprint density at radius 1 is 0.935 bits per heavy atom. The Balaban J connectivity index is 1.70. The van der Waals surface area contributed by atoms with E-state index in [1.807, 2.05) is 104 Å². The van der Waals surface area contributed by atoms with Crippen LogP contribution in [0.5, 0.6) is 5.75 Å². The van der Waals surface area contributed by atoms with Crippen LogP contribution in [-0.2, 0) is 4.79 Å². The number of aliphatic imine (C=N–C) groups is 1. The van der Waals surface area contributed by atoms with Gasteiger partial charge in [-0.25, -0.2) is 4.99 Å². The number of hydrogen-bond acceptors (Lipinski definition) is 5. The van der Waals surface area contributed by atoms with Crippen LogP contribution in [0.2, 0.25) is 0 Å². The lowest BCUT2D eigenvalue weighted by molar-refractivity contribution is -0.113. The molecule has 1 aliphatic heterocycles. The Morgan fingerprint density at radius 2 is 1.61 bits per heavy atom. The molecule has 0 unspecified atom stereocenters. The predicted octanol–water partition coefficient (Wildman–Crippen LogP) is 5.57. The molecule has 3 aromatic rings. The van der Waals surface area contributed by atoms with Crippen LogP contribution in [-0.4, -0.2) is 32.3 Å². The summed E-state index contributed by atoms with van der Waals surface area (Å²) in [6.45, 7) is 0. The first-order chi connectivity index (χ1) is 15.0. The summed E-state index contributed by atoms with van der Waals surface area (Å²) in [6, 6.07) is 25.2. The molecule has 0 aromatic heterocycles. The van der Waals surface area contributed by atoms with Crippen molar-refractivity contribution in [3.8, 4) is 5.75 Å². The number of para-hydroxylation sites is 1. The zero-order valence-electron chi connectivity index (χ0n) is 17.6. The molecule has 3 aromatic carbocycles. The van der Waals surface area contributed by atoms with E-state index in [9.17, 15) is 4.79 Å². The van der Waals surface area contributed by atoms with Gasteiger partial charge in [-0.05, 0) is 71.9 Å². The molecule has 0 bridgehead atoms. The van der Waals surface area contributed by atoms with Crippen LogP contribution in [0.4, 0.5) is 17.1 Å². The molecule has 1 amide bonds. The molecule has 31 heavy (non-hydrogen) atoms. The zero-order valence-corrected chi connectivity index (χ0v) is 18.5. The molecule has 1 saturated heterocycles. The van der Waals surface area contributed by atoms with Crippen molar-refractivity contribution in [2.24, 2.45) is 4.99 Å². The van der Waals surface area contributed by atoms with Gasteiger partial charge in [0, 0.05) is 19.8 Å². The molecular weight excluding hydrogens is 406 g/mol. The third-order valence-electron chi connectivity index (χ3n) is 4.83. The third-order valence-corrected chi connectivity index (χ3v) is 5.79. The second-order valence-electron chi connectivity index (χ2n) is 7.17. The summed E-state index contributed by atoms with van der Waals surface area (Å²) in [5.74, 6) is 0.681. The molecule has 0 spiro atoms. The number of rotatable bonds is 5. The van der Waals surface area contributed by atoms with E-state index in [4.69, 9.17) is 9.73 Å². The van der Waals surface area contributed by atoms with Crippen molar-refractivity contribution in [2.45, 2.75) is 0 Å². The fourth-order valence-electron chi connectivity index (χ4n) is 3.14. The van der Waals surface area contributed by atoms with Crippen LogP contribution in [0, 0.1) is 0 Å². The molecular formula is C25H23N3O2S. The molecule has 0 aliphatic carbocycles. The highest BCUT2D eigenvalue weighted by molar-refractivity contribution is 8.19. The Labute approximate surface area is 186 Å². The smallest absolute Gasteiger partial charge is 0.271 e. The number of ether oxygens (including phenoxy) is 1. The number of thioether (sulfide) groups is 1. The fourth-order valence-corrected chi connectivity index (χ4v) is 4.14. The second kappa shape index (κ2) is 9.10. The van der Waals surface area contributed by atoms with E-state index in [1.165, 1.54) is 11.8 Å². The summed E-state index contributed by atoms with van der Waals surface area (Å²) in [4.78, 5) is 22.4. The topological polar surface area (TPSA) is 45.1 Å². The van der Waals surface area contributed by atoms with Gasteiger partial charge in [0.1, 0.15) is 5.75 Å². The minimum absolute atomic E-state index is 0.0832. The predicted molar refractivity (Wildman–Crippen MR) is 130 cm³/mol. The highest BCUT2D eigenvalue weighted by Crippen LogP contribution is 2.37. The molecule has 156 valence electrons. The summed E-state index contributed by atoms with van der Waals surface area (Å²) >= 11 is 1.38. The lowest BCUT2D eigenvalue weighted by Gasteiger charge is -2.15. The Hall–Kier alpha value is -3.51. The minimum Gasteiger partial charge on any atom is -0.497 e. The number of amidine groups is 1. The molecule has 1 aliphatic rings.